The number of aliphatic hydroxyl groups is 1. The summed E-state index contributed by atoms with van der Waals surface area (Å²) in [6.45, 7) is 20.9. The minimum absolute atomic E-state index is 0.0592. The van der Waals surface area contributed by atoms with Gasteiger partial charge < -0.3 is 61.4 Å². The van der Waals surface area contributed by atoms with Crippen LogP contribution in [0.15, 0.2) is 48.6 Å². The molecule has 0 aromatic heterocycles. The van der Waals surface area contributed by atoms with Gasteiger partial charge in [-0.05, 0) is 100 Å². The molecule has 1 saturated heterocycles. The van der Waals surface area contributed by atoms with E-state index in [9.17, 15) is 43.5 Å². The summed E-state index contributed by atoms with van der Waals surface area (Å²) in [4.78, 5) is 114. The number of allylic oxidation sites excluding steroid dienone is 2. The van der Waals surface area contributed by atoms with E-state index >= 15 is 0 Å². The molecule has 0 saturated carbocycles. The molecule has 21 heteroatoms. The molecule has 0 unspecified atom stereocenters. The lowest BCUT2D eigenvalue weighted by atomic mass is 9.88. The van der Waals surface area contributed by atoms with Gasteiger partial charge in [0.05, 0.1) is 42.2 Å². The van der Waals surface area contributed by atoms with E-state index in [1.165, 1.54) is 19.1 Å². The van der Waals surface area contributed by atoms with Gasteiger partial charge in [-0.2, -0.15) is 0 Å². The van der Waals surface area contributed by atoms with Crippen molar-refractivity contribution in [2.45, 2.75) is 207 Å². The Balaban J connectivity index is 1.65. The molecule has 3 rings (SSSR count). The highest BCUT2D eigenvalue weighted by Gasteiger charge is 2.44. The van der Waals surface area contributed by atoms with Crippen LogP contribution in [0.1, 0.15) is 146 Å². The number of nitrogens with zero attached hydrogens (tertiary/aromatic N) is 3. The van der Waals surface area contributed by atoms with Crippen molar-refractivity contribution in [1.29, 1.82) is 0 Å². The number of nitrogens with one attached hydrogen (secondary N) is 5. The molecular weight excluding hydrogens is 1050 g/mol. The van der Waals surface area contributed by atoms with Gasteiger partial charge in [0.25, 0.3) is 0 Å². The monoisotopic (exact) mass is 1150 g/mol. The maximum atomic E-state index is 14.7. The number of nitrogens with two attached hydrogens (primary N) is 1. The SMILES string of the molecule is CC[C@H](C)[C@@H]([C@@H](CC(=O)N1CCC[C@H]1[C@H](OC)[C@@H](C)C(=O)N[C@H](C)C[C@]1(O)C=CC=CC1)OC)N(C)C(=O)[C@@H](NC(=O)[C@H](C(C)C)N(C)C(=O)OCc1ccc(NC(=O)[C@H](C)NC(=O)[C@@H](NC(=O)CCCCCN)C(C)C)cc1)C(C)C. The first-order valence-electron chi connectivity index (χ1n) is 29.5. The van der Waals surface area contributed by atoms with E-state index in [2.05, 4.69) is 26.6 Å². The summed E-state index contributed by atoms with van der Waals surface area (Å²) < 4.78 is 17.7. The molecule has 1 aromatic carbocycles. The Morgan fingerprint density at radius 3 is 1.99 bits per heavy atom. The lowest BCUT2D eigenvalue weighted by Crippen LogP contribution is -2.60. The van der Waals surface area contributed by atoms with Crippen molar-refractivity contribution < 1.29 is 57.7 Å². The van der Waals surface area contributed by atoms with E-state index in [1.54, 1.807) is 88.1 Å². The van der Waals surface area contributed by atoms with Crippen molar-refractivity contribution in [2.75, 3.05) is 46.7 Å². The van der Waals surface area contributed by atoms with Crippen LogP contribution < -0.4 is 32.3 Å². The van der Waals surface area contributed by atoms with Gasteiger partial charge in [0, 0.05) is 53.0 Å². The molecule has 12 atom stereocenters. The number of likely N-dealkylation sites (N-methyl/N-ethyl adjacent to an activating group) is 2. The molecule has 462 valence electrons. The third-order valence-electron chi connectivity index (χ3n) is 16.0. The van der Waals surface area contributed by atoms with Crippen LogP contribution in [0.2, 0.25) is 0 Å². The number of hydrogen-bond donors (Lipinski definition) is 7. The molecule has 8 amide bonds. The average Bonchev–Trinajstić information content (AvgIpc) is 4.02. The molecule has 0 spiro atoms. The zero-order valence-corrected chi connectivity index (χ0v) is 51.8. The highest BCUT2D eigenvalue weighted by Crippen LogP contribution is 2.31. The van der Waals surface area contributed by atoms with E-state index in [-0.39, 0.29) is 61.0 Å². The van der Waals surface area contributed by atoms with Crippen LogP contribution >= 0.6 is 0 Å². The molecule has 0 bridgehead atoms. The fourth-order valence-electron chi connectivity index (χ4n) is 11.0. The second kappa shape index (κ2) is 34.0. The van der Waals surface area contributed by atoms with Crippen LogP contribution in [0.5, 0.6) is 0 Å². The molecule has 1 aromatic rings. The van der Waals surface area contributed by atoms with Gasteiger partial charge in [0.2, 0.25) is 41.4 Å². The fourth-order valence-corrected chi connectivity index (χ4v) is 11.0. The summed E-state index contributed by atoms with van der Waals surface area (Å²) in [5.74, 6) is -4.36. The number of benzene rings is 1. The molecular formula is C61H101N9O12. The Kier molecular flexibility index (Phi) is 29.2. The fraction of sp³-hybridized carbons (Fsp3) is 0.705. The molecule has 1 aliphatic carbocycles. The number of carbonyl (C=O) groups is 8. The van der Waals surface area contributed by atoms with E-state index in [0.717, 1.165) is 12.8 Å². The second-order valence-electron chi connectivity index (χ2n) is 23.7. The molecule has 82 heavy (non-hydrogen) atoms. The number of ether oxygens (including phenoxy) is 3. The van der Waals surface area contributed by atoms with Crippen LogP contribution in [0.4, 0.5) is 10.5 Å². The first-order valence-corrected chi connectivity index (χ1v) is 29.5. The largest absolute Gasteiger partial charge is 0.445 e. The van der Waals surface area contributed by atoms with Gasteiger partial charge in [0.15, 0.2) is 0 Å². The highest BCUT2D eigenvalue weighted by molar-refractivity contribution is 5.98. The Morgan fingerprint density at radius 2 is 1.43 bits per heavy atom. The van der Waals surface area contributed by atoms with E-state index in [1.807, 2.05) is 60.6 Å². The highest BCUT2D eigenvalue weighted by atomic mass is 16.6. The van der Waals surface area contributed by atoms with Crippen molar-refractivity contribution in [3.63, 3.8) is 0 Å². The molecule has 2 aliphatic rings. The van der Waals surface area contributed by atoms with Crippen molar-refractivity contribution in [3.05, 3.63) is 54.1 Å². The zero-order valence-electron chi connectivity index (χ0n) is 51.8. The number of hydrogen-bond acceptors (Lipinski definition) is 13. The third kappa shape index (κ3) is 20.8. The lowest BCUT2D eigenvalue weighted by Gasteiger charge is -2.41. The number of carbonyl (C=O) groups excluding carboxylic acids is 8. The number of likely N-dealkylation sites (tertiary alicyclic amines) is 1. The van der Waals surface area contributed by atoms with Gasteiger partial charge in [0.1, 0.15) is 30.8 Å². The first-order chi connectivity index (χ1) is 38.6. The number of unbranched alkanes of at least 4 members (excludes halogenated alkanes) is 2. The van der Waals surface area contributed by atoms with Gasteiger partial charge in [-0.1, -0.05) is 112 Å². The van der Waals surface area contributed by atoms with Crippen LogP contribution in [0.25, 0.3) is 0 Å². The topological polar surface area (TPSA) is 280 Å². The van der Waals surface area contributed by atoms with Crippen molar-refractivity contribution in [2.24, 2.45) is 35.3 Å². The van der Waals surface area contributed by atoms with Crippen LogP contribution in [-0.4, -0.2) is 169 Å². The molecule has 8 N–H and O–H groups in total. The molecule has 1 fully saturated rings. The normalized spacial score (nSPS) is 19.7. The summed E-state index contributed by atoms with van der Waals surface area (Å²) in [7, 11) is 6.17. The maximum Gasteiger partial charge on any atom is 0.410 e. The Morgan fingerprint density at radius 1 is 0.768 bits per heavy atom. The maximum absolute atomic E-state index is 14.7. The predicted molar refractivity (Wildman–Crippen MR) is 317 cm³/mol. The predicted octanol–water partition coefficient (Wildman–Crippen LogP) is 5.59. The van der Waals surface area contributed by atoms with Crippen molar-refractivity contribution >= 4 is 53.1 Å². The number of amides is 8. The van der Waals surface area contributed by atoms with Crippen molar-refractivity contribution in [3.8, 4) is 0 Å². The molecule has 0 radical (unpaired) electrons. The summed E-state index contributed by atoms with van der Waals surface area (Å²) in [6.07, 6.45) is 10.5. The smallest absolute Gasteiger partial charge is 0.410 e. The van der Waals surface area contributed by atoms with Crippen LogP contribution in [0.3, 0.4) is 0 Å². The van der Waals surface area contributed by atoms with Gasteiger partial charge >= 0.3 is 6.09 Å². The van der Waals surface area contributed by atoms with Crippen LogP contribution in [0, 0.1) is 29.6 Å². The number of anilines is 1. The molecule has 21 nitrogen and oxygen atoms in total. The van der Waals surface area contributed by atoms with E-state index in [0.29, 0.717) is 62.9 Å². The Bertz CT molecular complexity index is 2310. The summed E-state index contributed by atoms with van der Waals surface area (Å²) in [5.41, 5.74) is 5.51. The number of methoxy groups -OCH3 is 2. The quantitative estimate of drug-likeness (QED) is 0.0424. The zero-order chi connectivity index (χ0) is 61.6. The lowest BCUT2D eigenvalue weighted by molar-refractivity contribution is -0.148. The van der Waals surface area contributed by atoms with Gasteiger partial charge in [-0.15, -0.1) is 0 Å². The summed E-state index contributed by atoms with van der Waals surface area (Å²) in [6, 6.07) is 1.46. The Hall–Kier alpha value is -5.90. The van der Waals surface area contributed by atoms with Gasteiger partial charge in [-0.3, -0.25) is 38.5 Å². The standard InChI is InChI=1S/C61H101N9O12/c1-16-40(8)53(47(80-14)34-49(72)70-33-23-24-46(70)54(81-15)42(10)55(73)63-41(9)35-61(79)30-20-18-21-31-61)68(12)59(77)51(38(4)5)67-58(76)52(39(6)7)69(13)60(78)82-36-44-26-28-45(29-27-44)65-56(74)43(11)64-57(75)50(37(2)3)66-48(71)25-19-17-22-32-62/h18,20-21,26-30,37-43,46-47,50-54,79H,16-17,19,22-25,31-36,62H2,1-15H3,(H,63,73)(H,64,75)(H,65,74)(H,66,71)(H,67,76)/t40-,41+,42+,43-,46-,47+,50-,51-,52-,53-,54+,61-/m0/s1. The summed E-state index contributed by atoms with van der Waals surface area (Å²) in [5, 5.41) is 25.2. The number of rotatable bonds is 33. The first kappa shape index (κ1) is 70.4. The molecule has 1 aliphatic heterocycles. The van der Waals surface area contributed by atoms with Crippen molar-refractivity contribution in [1.82, 2.24) is 36.0 Å². The van der Waals surface area contributed by atoms with Gasteiger partial charge in [-0.25, -0.2) is 4.79 Å². The Labute approximate surface area is 488 Å². The van der Waals surface area contributed by atoms with E-state index < -0.39 is 95.6 Å². The third-order valence-corrected chi connectivity index (χ3v) is 16.0. The summed E-state index contributed by atoms with van der Waals surface area (Å²) >= 11 is 0. The average molecular weight is 1150 g/mol. The van der Waals surface area contributed by atoms with Crippen LogP contribution in [-0.2, 0) is 54.4 Å². The van der Waals surface area contributed by atoms with E-state index in [4.69, 9.17) is 19.9 Å². The minimum Gasteiger partial charge on any atom is -0.445 e. The minimum atomic E-state index is -1.05. The second-order valence-corrected chi connectivity index (χ2v) is 23.7. The molecule has 1 heterocycles.